The van der Waals surface area contributed by atoms with Crippen molar-refractivity contribution in [3.05, 3.63) is 65.2 Å². The molecule has 0 spiro atoms. The van der Waals surface area contributed by atoms with Crippen LogP contribution in [0.2, 0.25) is 0 Å². The molecule has 2 amide bonds. The number of anilines is 1. The molecule has 0 unspecified atom stereocenters. The Morgan fingerprint density at radius 1 is 0.769 bits per heavy atom. The topological polar surface area (TPSA) is 84.5 Å². The minimum atomic E-state index is -0.457. The normalized spacial score (nSPS) is 10.8. The SMILES string of the molecule is COC(=O)c1ccc(C(=O)Nc2ccc(C(=O)NC(C)(C)C)cc2)cc1. The average Bonchev–Trinajstić information content (AvgIpc) is 2.60. The number of ether oxygens (including phenoxy) is 1. The maximum absolute atomic E-state index is 12.3. The zero-order valence-electron chi connectivity index (χ0n) is 15.3. The van der Waals surface area contributed by atoms with Gasteiger partial charge >= 0.3 is 5.97 Å². The van der Waals surface area contributed by atoms with Gasteiger partial charge in [-0.1, -0.05) is 0 Å². The third kappa shape index (κ3) is 5.17. The summed E-state index contributed by atoms with van der Waals surface area (Å²) in [5.41, 5.74) is 1.55. The molecule has 0 saturated carbocycles. The molecule has 0 aliphatic carbocycles. The first kappa shape index (κ1) is 19.2. The van der Waals surface area contributed by atoms with Crippen LogP contribution >= 0.6 is 0 Å². The van der Waals surface area contributed by atoms with Crippen LogP contribution < -0.4 is 10.6 Å². The fraction of sp³-hybridized carbons (Fsp3) is 0.250. The van der Waals surface area contributed by atoms with Gasteiger partial charge in [-0.2, -0.15) is 0 Å². The highest BCUT2D eigenvalue weighted by Gasteiger charge is 2.15. The Kier molecular flexibility index (Phi) is 5.77. The Balaban J connectivity index is 2.03. The molecule has 26 heavy (non-hydrogen) atoms. The fourth-order valence-electron chi connectivity index (χ4n) is 2.20. The van der Waals surface area contributed by atoms with Gasteiger partial charge in [0.2, 0.25) is 0 Å². The van der Waals surface area contributed by atoms with E-state index < -0.39 is 5.97 Å². The van der Waals surface area contributed by atoms with Crippen molar-refractivity contribution < 1.29 is 19.1 Å². The predicted molar refractivity (Wildman–Crippen MR) is 99.4 cm³/mol. The van der Waals surface area contributed by atoms with Crippen LogP contribution in [0.3, 0.4) is 0 Å². The molecule has 0 aromatic heterocycles. The summed E-state index contributed by atoms with van der Waals surface area (Å²) in [6.07, 6.45) is 0. The maximum atomic E-state index is 12.3. The second-order valence-electron chi connectivity index (χ2n) is 6.80. The van der Waals surface area contributed by atoms with E-state index in [4.69, 9.17) is 0 Å². The molecule has 2 aromatic carbocycles. The summed E-state index contributed by atoms with van der Waals surface area (Å²) in [4.78, 5) is 35.8. The molecule has 0 atom stereocenters. The molecule has 0 bridgehead atoms. The highest BCUT2D eigenvalue weighted by Crippen LogP contribution is 2.13. The van der Waals surface area contributed by atoms with Crippen molar-refractivity contribution in [2.75, 3.05) is 12.4 Å². The summed E-state index contributed by atoms with van der Waals surface area (Å²) in [6, 6.07) is 12.8. The fourth-order valence-corrected chi connectivity index (χ4v) is 2.20. The minimum Gasteiger partial charge on any atom is -0.465 e. The van der Waals surface area contributed by atoms with Gasteiger partial charge in [0.05, 0.1) is 12.7 Å². The second-order valence-corrected chi connectivity index (χ2v) is 6.80. The molecule has 136 valence electrons. The number of methoxy groups -OCH3 is 1. The number of esters is 1. The average molecular weight is 354 g/mol. The number of amides is 2. The first-order valence-electron chi connectivity index (χ1n) is 8.12. The largest absolute Gasteiger partial charge is 0.465 e. The molecule has 0 heterocycles. The molecule has 6 heteroatoms. The van der Waals surface area contributed by atoms with Gasteiger partial charge < -0.3 is 15.4 Å². The van der Waals surface area contributed by atoms with E-state index in [1.165, 1.54) is 19.2 Å². The van der Waals surface area contributed by atoms with Gasteiger partial charge in [0, 0.05) is 22.4 Å². The van der Waals surface area contributed by atoms with Crippen molar-refractivity contribution in [3.8, 4) is 0 Å². The molecule has 0 aliphatic heterocycles. The lowest BCUT2D eigenvalue weighted by atomic mass is 10.1. The van der Waals surface area contributed by atoms with Crippen molar-refractivity contribution in [1.82, 2.24) is 5.32 Å². The van der Waals surface area contributed by atoms with E-state index >= 15 is 0 Å². The zero-order chi connectivity index (χ0) is 19.3. The molecule has 2 rings (SSSR count). The Morgan fingerprint density at radius 3 is 1.73 bits per heavy atom. The standard InChI is InChI=1S/C20H22N2O4/c1-20(2,3)22-18(24)14-9-11-16(12-10-14)21-17(23)13-5-7-15(8-6-13)19(25)26-4/h5-12H,1-4H3,(H,21,23)(H,22,24). The Labute approximate surface area is 152 Å². The summed E-state index contributed by atoms with van der Waals surface area (Å²) in [6.45, 7) is 5.72. The van der Waals surface area contributed by atoms with Crippen LogP contribution in [-0.4, -0.2) is 30.4 Å². The highest BCUT2D eigenvalue weighted by molar-refractivity contribution is 6.05. The molecule has 0 fully saturated rings. The van der Waals surface area contributed by atoms with Crippen molar-refractivity contribution >= 4 is 23.5 Å². The van der Waals surface area contributed by atoms with Crippen LogP contribution in [0.1, 0.15) is 51.8 Å². The third-order valence-corrected chi connectivity index (χ3v) is 3.46. The summed E-state index contributed by atoms with van der Waals surface area (Å²) in [5, 5.41) is 5.63. The highest BCUT2D eigenvalue weighted by atomic mass is 16.5. The van der Waals surface area contributed by atoms with Crippen molar-refractivity contribution in [2.45, 2.75) is 26.3 Å². The van der Waals surface area contributed by atoms with Crippen LogP contribution in [0.15, 0.2) is 48.5 Å². The Hall–Kier alpha value is -3.15. The number of carbonyl (C=O) groups excluding carboxylic acids is 3. The lowest BCUT2D eigenvalue weighted by molar-refractivity contribution is 0.0600. The van der Waals surface area contributed by atoms with E-state index in [9.17, 15) is 14.4 Å². The van der Waals surface area contributed by atoms with Crippen LogP contribution in [0.4, 0.5) is 5.69 Å². The lowest BCUT2D eigenvalue weighted by Gasteiger charge is -2.20. The van der Waals surface area contributed by atoms with Gasteiger partial charge in [-0.25, -0.2) is 4.79 Å². The summed E-state index contributed by atoms with van der Waals surface area (Å²) in [7, 11) is 1.30. The zero-order valence-corrected chi connectivity index (χ0v) is 15.3. The third-order valence-electron chi connectivity index (χ3n) is 3.46. The van der Waals surface area contributed by atoms with Crippen molar-refractivity contribution in [1.29, 1.82) is 0 Å². The minimum absolute atomic E-state index is 0.172. The van der Waals surface area contributed by atoms with Crippen LogP contribution in [0.5, 0.6) is 0 Å². The second kappa shape index (κ2) is 7.82. The van der Waals surface area contributed by atoms with E-state index in [-0.39, 0.29) is 17.4 Å². The van der Waals surface area contributed by atoms with Crippen LogP contribution in [0, 0.1) is 0 Å². The number of hydrogen-bond acceptors (Lipinski definition) is 4. The van der Waals surface area contributed by atoms with E-state index in [1.807, 2.05) is 20.8 Å². The van der Waals surface area contributed by atoms with Gasteiger partial charge in [0.25, 0.3) is 11.8 Å². The number of rotatable bonds is 4. The Bertz CT molecular complexity index is 803. The Morgan fingerprint density at radius 2 is 1.23 bits per heavy atom. The lowest BCUT2D eigenvalue weighted by Crippen LogP contribution is -2.40. The van der Waals surface area contributed by atoms with E-state index in [0.29, 0.717) is 22.4 Å². The van der Waals surface area contributed by atoms with Crippen molar-refractivity contribution in [2.24, 2.45) is 0 Å². The number of carbonyl (C=O) groups is 3. The van der Waals surface area contributed by atoms with Gasteiger partial charge in [0.15, 0.2) is 0 Å². The van der Waals surface area contributed by atoms with Crippen molar-refractivity contribution in [3.63, 3.8) is 0 Å². The smallest absolute Gasteiger partial charge is 0.337 e. The molecule has 2 N–H and O–H groups in total. The molecular weight excluding hydrogens is 332 g/mol. The quantitative estimate of drug-likeness (QED) is 0.826. The maximum Gasteiger partial charge on any atom is 0.337 e. The first-order chi connectivity index (χ1) is 12.2. The summed E-state index contributed by atoms with van der Waals surface area (Å²) < 4.78 is 4.62. The predicted octanol–water partition coefficient (Wildman–Crippen LogP) is 3.25. The van der Waals surface area contributed by atoms with Crippen LogP contribution in [-0.2, 0) is 4.74 Å². The van der Waals surface area contributed by atoms with E-state index in [1.54, 1.807) is 36.4 Å². The molecule has 2 aromatic rings. The van der Waals surface area contributed by atoms with Gasteiger partial charge in [0.1, 0.15) is 0 Å². The molecule has 0 saturated heterocycles. The molecule has 6 nitrogen and oxygen atoms in total. The number of hydrogen-bond donors (Lipinski definition) is 2. The molecule has 0 radical (unpaired) electrons. The van der Waals surface area contributed by atoms with E-state index in [2.05, 4.69) is 15.4 Å². The first-order valence-corrected chi connectivity index (χ1v) is 8.12. The summed E-state index contributed by atoms with van der Waals surface area (Å²) >= 11 is 0. The number of nitrogens with one attached hydrogen (secondary N) is 2. The van der Waals surface area contributed by atoms with Gasteiger partial charge in [-0.15, -0.1) is 0 Å². The molecular formula is C20H22N2O4. The molecule has 0 aliphatic rings. The van der Waals surface area contributed by atoms with Gasteiger partial charge in [-0.3, -0.25) is 9.59 Å². The van der Waals surface area contributed by atoms with Gasteiger partial charge in [-0.05, 0) is 69.3 Å². The monoisotopic (exact) mass is 354 g/mol. The summed E-state index contributed by atoms with van der Waals surface area (Å²) in [5.74, 6) is -0.942. The number of benzene rings is 2. The van der Waals surface area contributed by atoms with Crippen LogP contribution in [0.25, 0.3) is 0 Å². The van der Waals surface area contributed by atoms with E-state index in [0.717, 1.165) is 0 Å².